The van der Waals surface area contributed by atoms with E-state index in [1.807, 2.05) is 6.92 Å². The number of ketones is 1. The molecule has 176 valence electrons. The van der Waals surface area contributed by atoms with Gasteiger partial charge in [0.1, 0.15) is 11.6 Å². The molecule has 4 fully saturated rings. The zero-order chi connectivity index (χ0) is 23.2. The third-order valence-corrected chi connectivity index (χ3v) is 10.8. The first-order valence-electron chi connectivity index (χ1n) is 13.0. The zero-order valence-electron chi connectivity index (χ0n) is 20.5. The van der Waals surface area contributed by atoms with Crippen LogP contribution in [-0.2, 0) is 14.3 Å². The first kappa shape index (κ1) is 21.4. The largest absolute Gasteiger partial charge is 0.462 e. The van der Waals surface area contributed by atoms with Crippen LogP contribution in [0.2, 0.25) is 0 Å². The number of piperidine rings is 1. The number of Topliss-reactive ketones (excluding diaryl/α,β-unsaturated/α-hetero) is 1. The Bertz CT molecular complexity index is 1030. The van der Waals surface area contributed by atoms with Gasteiger partial charge in [-0.05, 0) is 80.8 Å². The number of hydrogen-bond acceptors (Lipinski definition) is 4. The Balaban J connectivity index is 1.31. The second kappa shape index (κ2) is 6.96. The van der Waals surface area contributed by atoms with Crippen molar-refractivity contribution in [2.75, 3.05) is 4.90 Å². The van der Waals surface area contributed by atoms with Crippen LogP contribution in [0.5, 0.6) is 0 Å². The quantitative estimate of drug-likeness (QED) is 0.338. The standard InChI is InChI=1S/C29H37NO3/c1-18(31)29-26(30(29)21-8-6-5-7-9-21)17-25-23-11-10-20-16-22(33-19(2)32)12-14-27(20,3)24(23)13-15-28(25,29)4/h5-10,22-26H,11-17H2,1-4H3. The topological polar surface area (TPSA) is 46.4 Å². The van der Waals surface area contributed by atoms with E-state index in [2.05, 4.69) is 55.2 Å². The van der Waals surface area contributed by atoms with E-state index in [1.54, 1.807) is 0 Å². The second-order valence-electron chi connectivity index (χ2n) is 12.0. The molecule has 33 heavy (non-hydrogen) atoms. The molecular weight excluding hydrogens is 410 g/mol. The van der Waals surface area contributed by atoms with Crippen LogP contribution in [0.1, 0.15) is 72.6 Å². The molecule has 8 atom stereocenters. The van der Waals surface area contributed by atoms with Gasteiger partial charge in [0.25, 0.3) is 0 Å². The molecule has 0 bridgehead atoms. The van der Waals surface area contributed by atoms with Crippen molar-refractivity contribution in [3.8, 4) is 0 Å². The number of anilines is 1. The van der Waals surface area contributed by atoms with Crippen LogP contribution in [0.15, 0.2) is 42.0 Å². The number of ether oxygens (including phenoxy) is 1. The van der Waals surface area contributed by atoms with E-state index in [4.69, 9.17) is 4.74 Å². The number of allylic oxidation sites excluding steroid dienone is 1. The predicted octanol–water partition coefficient (Wildman–Crippen LogP) is 5.71. The summed E-state index contributed by atoms with van der Waals surface area (Å²) >= 11 is 0. The molecule has 5 aliphatic rings. The zero-order valence-corrected chi connectivity index (χ0v) is 20.5. The van der Waals surface area contributed by atoms with Gasteiger partial charge in [-0.2, -0.15) is 0 Å². The highest BCUT2D eigenvalue weighted by molar-refractivity contribution is 6.00. The van der Waals surface area contributed by atoms with E-state index < -0.39 is 0 Å². The Morgan fingerprint density at radius 1 is 1.03 bits per heavy atom. The van der Waals surface area contributed by atoms with E-state index in [9.17, 15) is 9.59 Å². The summed E-state index contributed by atoms with van der Waals surface area (Å²) in [5, 5.41) is 0. The maximum Gasteiger partial charge on any atom is 0.302 e. The summed E-state index contributed by atoms with van der Waals surface area (Å²) in [6.45, 7) is 8.29. The third kappa shape index (κ3) is 2.64. The van der Waals surface area contributed by atoms with E-state index in [0.29, 0.717) is 29.6 Å². The summed E-state index contributed by atoms with van der Waals surface area (Å²) in [6.07, 6.45) is 10.1. The molecule has 4 aliphatic carbocycles. The molecule has 4 nitrogen and oxygen atoms in total. The van der Waals surface area contributed by atoms with Crippen LogP contribution in [0.3, 0.4) is 0 Å². The Hall–Kier alpha value is -2.10. The van der Waals surface area contributed by atoms with Gasteiger partial charge < -0.3 is 9.64 Å². The maximum atomic E-state index is 13.3. The van der Waals surface area contributed by atoms with Crippen LogP contribution in [0.25, 0.3) is 0 Å². The Morgan fingerprint density at radius 2 is 1.79 bits per heavy atom. The molecule has 0 aromatic heterocycles. The van der Waals surface area contributed by atoms with Crippen molar-refractivity contribution in [1.29, 1.82) is 0 Å². The van der Waals surface area contributed by atoms with E-state index in [0.717, 1.165) is 38.5 Å². The van der Waals surface area contributed by atoms with E-state index in [-0.39, 0.29) is 28.4 Å². The van der Waals surface area contributed by atoms with Gasteiger partial charge in [-0.1, -0.05) is 43.7 Å². The number of fused-ring (bicyclic) bond motifs is 7. The lowest BCUT2D eigenvalue weighted by Gasteiger charge is -2.59. The summed E-state index contributed by atoms with van der Waals surface area (Å²) in [4.78, 5) is 27.3. The van der Waals surface area contributed by atoms with Crippen molar-refractivity contribution in [2.45, 2.75) is 90.3 Å². The predicted molar refractivity (Wildman–Crippen MR) is 129 cm³/mol. The van der Waals surface area contributed by atoms with Crippen LogP contribution < -0.4 is 4.90 Å². The van der Waals surface area contributed by atoms with Crippen LogP contribution in [-0.4, -0.2) is 29.4 Å². The highest BCUT2D eigenvalue weighted by Gasteiger charge is 2.82. The summed E-state index contributed by atoms with van der Waals surface area (Å²) in [5.74, 6) is 2.14. The number of esters is 1. The molecule has 3 saturated carbocycles. The fourth-order valence-electron chi connectivity index (χ4n) is 9.49. The minimum atomic E-state index is -0.318. The normalized spacial score (nSPS) is 45.2. The average Bonchev–Trinajstić information content (AvgIpc) is 3.38. The molecular formula is C29H37NO3. The smallest absolute Gasteiger partial charge is 0.302 e. The summed E-state index contributed by atoms with van der Waals surface area (Å²) in [7, 11) is 0. The molecule has 1 heterocycles. The van der Waals surface area contributed by atoms with Gasteiger partial charge in [-0.15, -0.1) is 0 Å². The molecule has 0 radical (unpaired) electrons. The monoisotopic (exact) mass is 447 g/mol. The number of rotatable bonds is 3. The summed E-state index contributed by atoms with van der Waals surface area (Å²) < 4.78 is 5.60. The van der Waals surface area contributed by atoms with Gasteiger partial charge in [0.2, 0.25) is 0 Å². The van der Waals surface area contributed by atoms with Gasteiger partial charge in [-0.25, -0.2) is 0 Å². The lowest BCUT2D eigenvalue weighted by Crippen LogP contribution is -2.56. The molecule has 0 spiro atoms. The van der Waals surface area contributed by atoms with Gasteiger partial charge in [0.05, 0.1) is 6.04 Å². The van der Waals surface area contributed by atoms with Crippen molar-refractivity contribution in [3.05, 3.63) is 42.0 Å². The van der Waals surface area contributed by atoms with Crippen molar-refractivity contribution >= 4 is 17.4 Å². The number of para-hydroxylation sites is 1. The van der Waals surface area contributed by atoms with Crippen LogP contribution in [0.4, 0.5) is 5.69 Å². The van der Waals surface area contributed by atoms with E-state index in [1.165, 1.54) is 24.6 Å². The molecule has 8 unspecified atom stereocenters. The Morgan fingerprint density at radius 3 is 2.48 bits per heavy atom. The Labute approximate surface area is 197 Å². The first-order chi connectivity index (χ1) is 15.7. The minimum Gasteiger partial charge on any atom is -0.462 e. The molecule has 1 aromatic rings. The van der Waals surface area contributed by atoms with Crippen LogP contribution >= 0.6 is 0 Å². The van der Waals surface area contributed by atoms with Crippen molar-refractivity contribution in [2.24, 2.45) is 28.6 Å². The average molecular weight is 448 g/mol. The van der Waals surface area contributed by atoms with Gasteiger partial charge in [0.15, 0.2) is 5.78 Å². The highest BCUT2D eigenvalue weighted by Crippen LogP contribution is 2.74. The number of carbonyl (C=O) groups excluding carboxylic acids is 2. The van der Waals surface area contributed by atoms with Crippen molar-refractivity contribution in [3.63, 3.8) is 0 Å². The minimum absolute atomic E-state index is 0.0388. The number of carbonyl (C=O) groups is 2. The van der Waals surface area contributed by atoms with Crippen molar-refractivity contribution in [1.82, 2.24) is 0 Å². The maximum absolute atomic E-state index is 13.3. The molecule has 1 aromatic carbocycles. The molecule has 0 N–H and O–H groups in total. The van der Waals surface area contributed by atoms with Gasteiger partial charge >= 0.3 is 5.97 Å². The fraction of sp³-hybridized carbons (Fsp3) is 0.655. The summed E-state index contributed by atoms with van der Waals surface area (Å²) in [6, 6.07) is 10.9. The first-order valence-corrected chi connectivity index (χ1v) is 13.0. The molecule has 4 heteroatoms. The summed E-state index contributed by atoms with van der Waals surface area (Å²) in [5.41, 5.74) is 2.68. The fourth-order valence-corrected chi connectivity index (χ4v) is 9.49. The molecule has 1 saturated heterocycles. The molecule has 6 rings (SSSR count). The second-order valence-corrected chi connectivity index (χ2v) is 12.0. The third-order valence-electron chi connectivity index (χ3n) is 10.8. The van der Waals surface area contributed by atoms with Gasteiger partial charge in [0, 0.05) is 24.4 Å². The van der Waals surface area contributed by atoms with Gasteiger partial charge in [-0.3, -0.25) is 9.59 Å². The number of nitrogens with zero attached hydrogens (tertiary/aromatic N) is 1. The highest BCUT2D eigenvalue weighted by atomic mass is 16.5. The molecule has 1 aliphatic heterocycles. The number of hydrogen-bond donors (Lipinski definition) is 0. The van der Waals surface area contributed by atoms with Crippen molar-refractivity contribution < 1.29 is 14.3 Å². The SMILES string of the molecule is CC(=O)OC1CCC2(C)C(=CCC3C2CCC2(C)C3CC3N(c4ccccc4)C32C(C)=O)C1. The van der Waals surface area contributed by atoms with E-state index >= 15 is 0 Å². The Kier molecular flexibility index (Phi) is 4.52. The van der Waals surface area contributed by atoms with Crippen LogP contribution in [0, 0.1) is 28.6 Å². The number of benzene rings is 1. The lowest BCUT2D eigenvalue weighted by atomic mass is 9.46. The lowest BCUT2D eigenvalue weighted by molar-refractivity contribution is -0.149. The molecule has 0 amide bonds.